The molecule has 0 bridgehead atoms. The molecule has 3 amide bonds. The molecule has 4 fully saturated rings. The fraction of sp³-hybridized carbons (Fsp3) is 0.425. The van der Waals surface area contributed by atoms with Crippen molar-refractivity contribution in [3.63, 3.8) is 0 Å². The minimum Gasteiger partial charge on any atom is -0.508 e. The van der Waals surface area contributed by atoms with Gasteiger partial charge in [-0.2, -0.15) is 0 Å². The number of carbonyl (C=O) groups excluding carboxylic acids is 3. The van der Waals surface area contributed by atoms with Crippen LogP contribution in [0.25, 0.3) is 16.6 Å². The van der Waals surface area contributed by atoms with E-state index >= 15 is 0 Å². The van der Waals surface area contributed by atoms with Crippen LogP contribution >= 0.6 is 0 Å². The number of fused-ring (bicyclic) bond motifs is 2. The van der Waals surface area contributed by atoms with Gasteiger partial charge in [0.05, 0.1) is 28.8 Å². The Morgan fingerprint density at radius 2 is 1.50 bits per heavy atom. The molecule has 1 saturated carbocycles. The van der Waals surface area contributed by atoms with Gasteiger partial charge in [-0.1, -0.05) is 0 Å². The maximum absolute atomic E-state index is 13.1. The highest BCUT2D eigenvalue weighted by atomic mass is 16.5. The number of ether oxygens (including phenoxy) is 1. The molecule has 3 aromatic carbocycles. The van der Waals surface area contributed by atoms with Crippen LogP contribution in [0, 0.1) is 5.41 Å². The second kappa shape index (κ2) is 12.8. The Morgan fingerprint density at radius 3 is 2.25 bits per heavy atom. The van der Waals surface area contributed by atoms with Crippen molar-refractivity contribution in [1.82, 2.24) is 19.8 Å². The fourth-order valence-electron chi connectivity index (χ4n) is 9.05. The smallest absolute Gasteiger partial charge is 0.265 e. The van der Waals surface area contributed by atoms with Crippen LogP contribution in [0.4, 0.5) is 11.4 Å². The topological polar surface area (TPSA) is 137 Å². The van der Waals surface area contributed by atoms with Gasteiger partial charge in [0.1, 0.15) is 18.1 Å². The highest BCUT2D eigenvalue weighted by Gasteiger charge is 2.47. The van der Waals surface area contributed by atoms with Gasteiger partial charge in [0.15, 0.2) is 0 Å². The maximum atomic E-state index is 13.1. The summed E-state index contributed by atoms with van der Waals surface area (Å²) < 4.78 is 8.15. The number of imide groups is 1. The summed E-state index contributed by atoms with van der Waals surface area (Å²) in [5, 5.41) is 12.6. The van der Waals surface area contributed by atoms with Crippen molar-refractivity contribution in [1.29, 1.82) is 0 Å². The van der Waals surface area contributed by atoms with Crippen LogP contribution in [0.15, 0.2) is 71.8 Å². The molecule has 1 unspecified atom stereocenters. The normalized spacial score (nSPS) is 22.2. The van der Waals surface area contributed by atoms with Crippen molar-refractivity contribution < 1.29 is 24.2 Å². The van der Waals surface area contributed by atoms with E-state index in [1.165, 1.54) is 16.7 Å². The number of rotatable bonds is 6. The Hall–Kier alpha value is -5.23. The van der Waals surface area contributed by atoms with Crippen molar-refractivity contribution in [2.24, 2.45) is 5.41 Å². The number of carbonyl (C=O) groups is 3. The minimum absolute atomic E-state index is 0.0458. The van der Waals surface area contributed by atoms with E-state index in [1.807, 2.05) is 24.3 Å². The Bertz CT molecular complexity index is 2120. The molecule has 2 N–H and O–H groups in total. The lowest BCUT2D eigenvalue weighted by Crippen LogP contribution is -2.52. The van der Waals surface area contributed by atoms with Crippen molar-refractivity contribution in [2.45, 2.75) is 76.2 Å². The first-order valence-corrected chi connectivity index (χ1v) is 18.5. The highest BCUT2D eigenvalue weighted by molar-refractivity contribution is 6.05. The number of hydrogen-bond acceptors (Lipinski definition) is 9. The number of hydrogen-bond donors (Lipinski definition) is 2. The first-order chi connectivity index (χ1) is 25.2. The Labute approximate surface area is 301 Å². The van der Waals surface area contributed by atoms with Gasteiger partial charge in [0.25, 0.3) is 11.5 Å². The molecule has 9 rings (SSSR count). The zero-order chi connectivity index (χ0) is 35.6. The van der Waals surface area contributed by atoms with Crippen LogP contribution < -0.4 is 20.7 Å². The van der Waals surface area contributed by atoms with Gasteiger partial charge >= 0.3 is 0 Å². The van der Waals surface area contributed by atoms with Gasteiger partial charge in [-0.15, -0.1) is 0 Å². The summed E-state index contributed by atoms with van der Waals surface area (Å²) in [7, 11) is 0. The first-order valence-electron chi connectivity index (χ1n) is 18.5. The van der Waals surface area contributed by atoms with E-state index < -0.39 is 6.04 Å². The van der Waals surface area contributed by atoms with Crippen LogP contribution in [-0.4, -0.2) is 81.7 Å². The molecule has 12 nitrogen and oxygen atoms in total. The summed E-state index contributed by atoms with van der Waals surface area (Å²) >= 11 is 0. The molecule has 0 radical (unpaired) electrons. The monoisotopic (exact) mass is 702 g/mol. The molecule has 1 aromatic heterocycles. The number of aromatic hydroxyl groups is 1. The number of piperidine rings is 3. The number of phenolic OH excluding ortho intramolecular Hbond substituents is 1. The van der Waals surface area contributed by atoms with Gasteiger partial charge < -0.3 is 24.5 Å². The SMILES string of the molecule is O=C1CCC(N2Cc3cc(N4CCC(OC5CC6(CCN(c7ccc(-n8cnc9ccc(O)cc9c8=O)cc7)CC6)C5)CC4)ccc3C2=O)C(=O)N1. The summed E-state index contributed by atoms with van der Waals surface area (Å²) in [6.45, 7) is 4.18. The van der Waals surface area contributed by atoms with Crippen molar-refractivity contribution >= 4 is 40.0 Å². The molecule has 4 aliphatic heterocycles. The molecule has 1 spiro atoms. The molecule has 268 valence electrons. The molecule has 4 aromatic rings. The van der Waals surface area contributed by atoms with E-state index in [9.17, 15) is 24.3 Å². The number of nitrogens with zero attached hydrogens (tertiary/aromatic N) is 5. The lowest BCUT2D eigenvalue weighted by Gasteiger charge is -2.53. The number of aromatic nitrogens is 2. The van der Waals surface area contributed by atoms with E-state index in [-0.39, 0.29) is 41.6 Å². The van der Waals surface area contributed by atoms with Crippen LogP contribution in [0.3, 0.4) is 0 Å². The summed E-state index contributed by atoms with van der Waals surface area (Å²) in [6.07, 6.45) is 9.21. The molecular formula is C40H42N6O6. The Balaban J connectivity index is 0.740. The van der Waals surface area contributed by atoms with Crippen molar-refractivity contribution in [3.05, 3.63) is 88.5 Å². The van der Waals surface area contributed by atoms with Crippen LogP contribution in [0.2, 0.25) is 0 Å². The van der Waals surface area contributed by atoms with Crippen molar-refractivity contribution in [3.8, 4) is 11.4 Å². The van der Waals surface area contributed by atoms with E-state index in [0.717, 1.165) is 87.3 Å². The zero-order valence-corrected chi connectivity index (χ0v) is 29.0. The lowest BCUT2D eigenvalue weighted by atomic mass is 9.61. The predicted molar refractivity (Wildman–Crippen MR) is 195 cm³/mol. The average Bonchev–Trinajstić information content (AvgIpc) is 3.47. The summed E-state index contributed by atoms with van der Waals surface area (Å²) in [4.78, 5) is 61.0. The zero-order valence-electron chi connectivity index (χ0n) is 29.0. The van der Waals surface area contributed by atoms with Gasteiger partial charge in [0.2, 0.25) is 11.8 Å². The summed E-state index contributed by atoms with van der Waals surface area (Å²) in [6, 6.07) is 18.1. The van der Waals surface area contributed by atoms with Gasteiger partial charge in [0, 0.05) is 56.1 Å². The molecule has 5 aliphatic rings. The molecule has 5 heterocycles. The van der Waals surface area contributed by atoms with E-state index in [4.69, 9.17) is 4.74 Å². The van der Waals surface area contributed by atoms with Crippen molar-refractivity contribution in [2.75, 3.05) is 36.0 Å². The number of anilines is 2. The van der Waals surface area contributed by atoms with Gasteiger partial charge in [-0.25, -0.2) is 4.98 Å². The second-order valence-corrected chi connectivity index (χ2v) is 15.2. The molecule has 3 saturated heterocycles. The predicted octanol–water partition coefficient (Wildman–Crippen LogP) is 4.29. The quantitative estimate of drug-likeness (QED) is 0.282. The molecular weight excluding hydrogens is 660 g/mol. The second-order valence-electron chi connectivity index (χ2n) is 15.2. The van der Waals surface area contributed by atoms with Gasteiger partial charge in [-0.3, -0.25) is 29.1 Å². The third kappa shape index (κ3) is 5.88. The summed E-state index contributed by atoms with van der Waals surface area (Å²) in [5.41, 5.74) is 5.28. The number of nitrogens with one attached hydrogen (secondary N) is 1. The van der Waals surface area contributed by atoms with Crippen LogP contribution in [0.5, 0.6) is 5.75 Å². The van der Waals surface area contributed by atoms with Gasteiger partial charge in [-0.05, 0) is 117 Å². The third-order valence-corrected chi connectivity index (χ3v) is 12.1. The highest BCUT2D eigenvalue weighted by Crippen LogP contribution is 2.51. The van der Waals surface area contributed by atoms with Crippen LogP contribution in [0.1, 0.15) is 67.3 Å². The molecule has 52 heavy (non-hydrogen) atoms. The molecule has 1 atom stereocenters. The largest absolute Gasteiger partial charge is 0.508 e. The van der Waals surface area contributed by atoms with E-state index in [2.05, 4.69) is 38.3 Å². The Kier molecular flexibility index (Phi) is 8.02. The maximum Gasteiger partial charge on any atom is 0.265 e. The number of benzene rings is 3. The lowest BCUT2D eigenvalue weighted by molar-refractivity contribution is -0.136. The number of phenols is 1. The minimum atomic E-state index is -0.599. The number of amides is 3. The van der Waals surface area contributed by atoms with Crippen LogP contribution in [-0.2, 0) is 20.9 Å². The van der Waals surface area contributed by atoms with E-state index in [0.29, 0.717) is 41.0 Å². The third-order valence-electron chi connectivity index (χ3n) is 12.1. The van der Waals surface area contributed by atoms with E-state index in [1.54, 1.807) is 17.3 Å². The molecule has 1 aliphatic carbocycles. The average molecular weight is 703 g/mol. The standard InChI is InChI=1S/C40H42N6O6/c47-29-6-8-34-33(20-29)39(51)46(24-41-34)27-3-1-26(2-4-27)44-17-13-40(14-18-44)21-31(22-40)52-30-11-15-43(16-12-30)28-5-7-32-25(19-28)23-45(38(32)50)35-9-10-36(48)42-37(35)49/h1-8,19-20,24,30-31,35,47H,9-18,21-23H2,(H,42,48,49). The summed E-state index contributed by atoms with van der Waals surface area (Å²) in [5.74, 6) is -0.756. The first kappa shape index (κ1) is 32.7. The Morgan fingerprint density at radius 1 is 0.788 bits per heavy atom. The fourth-order valence-corrected chi connectivity index (χ4v) is 9.05. The molecule has 12 heteroatoms.